The monoisotopic (exact) mass is 329 g/mol. The molecule has 126 valence electrons. The molecule has 0 aromatic heterocycles. The molecule has 1 amide bonds. The standard InChI is InChI=1S/C19H20FNO3/c1-12-5-3-6-13(2)16(12)11-17(19(23)24)21-18(22)10-14-7-4-8-15(20)9-14/h3-9,17H,10-11H2,1-2H3,(H,21,22)(H,23,24)/t17-/m1/s1. The SMILES string of the molecule is Cc1cccc(C)c1C[C@@H](NC(=O)Cc1cccc(F)c1)C(=O)O. The van der Waals surface area contributed by atoms with Crippen molar-refractivity contribution in [1.82, 2.24) is 5.32 Å². The molecule has 24 heavy (non-hydrogen) atoms. The van der Waals surface area contributed by atoms with Crippen LogP contribution in [0.4, 0.5) is 4.39 Å². The largest absolute Gasteiger partial charge is 0.480 e. The summed E-state index contributed by atoms with van der Waals surface area (Å²) >= 11 is 0. The van der Waals surface area contributed by atoms with E-state index in [0.717, 1.165) is 16.7 Å². The maximum atomic E-state index is 13.2. The first kappa shape index (κ1) is 17.7. The van der Waals surface area contributed by atoms with E-state index in [-0.39, 0.29) is 12.8 Å². The van der Waals surface area contributed by atoms with Gasteiger partial charge < -0.3 is 10.4 Å². The van der Waals surface area contributed by atoms with E-state index in [0.29, 0.717) is 5.56 Å². The van der Waals surface area contributed by atoms with Crippen LogP contribution < -0.4 is 5.32 Å². The number of hydrogen-bond donors (Lipinski definition) is 2. The van der Waals surface area contributed by atoms with Crippen molar-refractivity contribution in [3.8, 4) is 0 Å². The quantitative estimate of drug-likeness (QED) is 0.856. The van der Waals surface area contributed by atoms with Crippen molar-refractivity contribution in [3.63, 3.8) is 0 Å². The Morgan fingerprint density at radius 1 is 1.12 bits per heavy atom. The Labute approximate surface area is 140 Å². The Morgan fingerprint density at radius 3 is 2.33 bits per heavy atom. The van der Waals surface area contributed by atoms with Gasteiger partial charge in [-0.25, -0.2) is 9.18 Å². The third-order valence-electron chi connectivity index (χ3n) is 3.94. The van der Waals surface area contributed by atoms with Crippen LogP contribution in [0.2, 0.25) is 0 Å². The Bertz CT molecular complexity index is 738. The summed E-state index contributed by atoms with van der Waals surface area (Å²) in [7, 11) is 0. The first-order valence-electron chi connectivity index (χ1n) is 7.68. The Kier molecular flexibility index (Phi) is 5.68. The summed E-state index contributed by atoms with van der Waals surface area (Å²) in [6, 6.07) is 10.4. The van der Waals surface area contributed by atoms with Crippen molar-refractivity contribution in [2.24, 2.45) is 0 Å². The molecule has 0 saturated heterocycles. The number of halogens is 1. The summed E-state index contributed by atoms with van der Waals surface area (Å²) in [5, 5.41) is 11.9. The Hall–Kier alpha value is -2.69. The fourth-order valence-electron chi connectivity index (χ4n) is 2.65. The van der Waals surface area contributed by atoms with Crippen LogP contribution in [0.15, 0.2) is 42.5 Å². The molecule has 0 aliphatic heterocycles. The third kappa shape index (κ3) is 4.65. The molecule has 0 unspecified atom stereocenters. The van der Waals surface area contributed by atoms with E-state index in [2.05, 4.69) is 5.32 Å². The molecule has 0 bridgehead atoms. The summed E-state index contributed by atoms with van der Waals surface area (Å²) < 4.78 is 13.2. The van der Waals surface area contributed by atoms with Crippen LogP contribution in [0.5, 0.6) is 0 Å². The highest BCUT2D eigenvalue weighted by atomic mass is 19.1. The number of aliphatic carboxylic acids is 1. The van der Waals surface area contributed by atoms with Gasteiger partial charge in [0.2, 0.25) is 5.91 Å². The van der Waals surface area contributed by atoms with Gasteiger partial charge in [-0.2, -0.15) is 0 Å². The molecular formula is C19H20FNO3. The zero-order valence-corrected chi connectivity index (χ0v) is 13.7. The molecular weight excluding hydrogens is 309 g/mol. The molecule has 0 aliphatic rings. The molecule has 0 heterocycles. The molecule has 0 radical (unpaired) electrons. The van der Waals surface area contributed by atoms with Gasteiger partial charge in [-0.15, -0.1) is 0 Å². The van der Waals surface area contributed by atoms with Gasteiger partial charge in [0, 0.05) is 6.42 Å². The normalized spacial score (nSPS) is 11.8. The van der Waals surface area contributed by atoms with Crippen molar-refractivity contribution in [2.75, 3.05) is 0 Å². The average molecular weight is 329 g/mol. The lowest BCUT2D eigenvalue weighted by Gasteiger charge is -2.17. The van der Waals surface area contributed by atoms with Crippen LogP contribution in [0, 0.1) is 19.7 Å². The minimum Gasteiger partial charge on any atom is -0.480 e. The molecule has 4 nitrogen and oxygen atoms in total. The molecule has 5 heteroatoms. The number of rotatable bonds is 6. The zero-order chi connectivity index (χ0) is 17.7. The minimum atomic E-state index is -1.09. The maximum Gasteiger partial charge on any atom is 0.326 e. The van der Waals surface area contributed by atoms with Crippen LogP contribution in [-0.4, -0.2) is 23.0 Å². The van der Waals surface area contributed by atoms with E-state index >= 15 is 0 Å². The topological polar surface area (TPSA) is 66.4 Å². The van der Waals surface area contributed by atoms with Gasteiger partial charge in [0.05, 0.1) is 6.42 Å². The van der Waals surface area contributed by atoms with Gasteiger partial charge in [-0.1, -0.05) is 30.3 Å². The summed E-state index contributed by atoms with van der Waals surface area (Å²) in [5.74, 6) is -1.96. The molecule has 2 aromatic rings. The second-order valence-electron chi connectivity index (χ2n) is 5.84. The number of aryl methyl sites for hydroxylation is 2. The fraction of sp³-hybridized carbons (Fsp3) is 0.263. The molecule has 0 spiro atoms. The smallest absolute Gasteiger partial charge is 0.326 e. The van der Waals surface area contributed by atoms with Crippen LogP contribution in [0.25, 0.3) is 0 Å². The van der Waals surface area contributed by atoms with E-state index in [1.54, 1.807) is 6.07 Å². The van der Waals surface area contributed by atoms with Crippen molar-refractivity contribution in [2.45, 2.75) is 32.7 Å². The van der Waals surface area contributed by atoms with E-state index in [4.69, 9.17) is 0 Å². The molecule has 2 N–H and O–H groups in total. The molecule has 0 saturated carbocycles. The number of benzene rings is 2. The number of carboxylic acid groups (broad SMARTS) is 1. The first-order chi connectivity index (χ1) is 11.4. The first-order valence-corrected chi connectivity index (χ1v) is 7.68. The minimum absolute atomic E-state index is 0.0612. The van der Waals surface area contributed by atoms with Crippen LogP contribution in [0.3, 0.4) is 0 Å². The van der Waals surface area contributed by atoms with Gasteiger partial charge in [0.25, 0.3) is 0 Å². The second kappa shape index (κ2) is 7.73. The highest BCUT2D eigenvalue weighted by molar-refractivity contribution is 5.85. The molecule has 0 aliphatic carbocycles. The lowest BCUT2D eigenvalue weighted by molar-refractivity contribution is -0.141. The highest BCUT2D eigenvalue weighted by Crippen LogP contribution is 2.16. The molecule has 1 atom stereocenters. The Morgan fingerprint density at radius 2 is 1.75 bits per heavy atom. The number of carbonyl (C=O) groups is 2. The number of carboxylic acids is 1. The third-order valence-corrected chi connectivity index (χ3v) is 3.94. The summed E-state index contributed by atoms with van der Waals surface area (Å²) in [5.41, 5.74) is 3.39. The predicted octanol–water partition coefficient (Wildman–Crippen LogP) is 2.80. The summed E-state index contributed by atoms with van der Waals surface area (Å²) in [4.78, 5) is 23.6. The van der Waals surface area contributed by atoms with Crippen LogP contribution >= 0.6 is 0 Å². The fourth-order valence-corrected chi connectivity index (χ4v) is 2.65. The van der Waals surface area contributed by atoms with E-state index in [1.807, 2.05) is 32.0 Å². The van der Waals surface area contributed by atoms with E-state index in [9.17, 15) is 19.1 Å². The number of carbonyl (C=O) groups excluding carboxylic acids is 1. The lowest BCUT2D eigenvalue weighted by Crippen LogP contribution is -2.43. The van der Waals surface area contributed by atoms with Crippen LogP contribution in [-0.2, 0) is 22.4 Å². The number of nitrogens with one attached hydrogen (secondary N) is 1. The van der Waals surface area contributed by atoms with Crippen LogP contribution in [0.1, 0.15) is 22.3 Å². The predicted molar refractivity (Wildman–Crippen MR) is 89.3 cm³/mol. The van der Waals surface area contributed by atoms with Crippen molar-refractivity contribution >= 4 is 11.9 Å². The molecule has 2 rings (SSSR count). The van der Waals surface area contributed by atoms with Gasteiger partial charge >= 0.3 is 5.97 Å². The average Bonchev–Trinajstić information content (AvgIpc) is 2.49. The lowest BCUT2D eigenvalue weighted by atomic mass is 9.96. The Balaban J connectivity index is 2.08. The summed E-state index contributed by atoms with van der Waals surface area (Å²) in [6.07, 6.45) is 0.150. The van der Waals surface area contributed by atoms with Crippen molar-refractivity contribution in [1.29, 1.82) is 0 Å². The number of hydrogen-bond acceptors (Lipinski definition) is 2. The highest BCUT2D eigenvalue weighted by Gasteiger charge is 2.22. The van der Waals surface area contributed by atoms with E-state index in [1.165, 1.54) is 18.2 Å². The van der Waals surface area contributed by atoms with Gasteiger partial charge in [-0.3, -0.25) is 4.79 Å². The van der Waals surface area contributed by atoms with Crippen molar-refractivity contribution < 1.29 is 19.1 Å². The number of amides is 1. The molecule has 2 aromatic carbocycles. The second-order valence-corrected chi connectivity index (χ2v) is 5.84. The van der Waals surface area contributed by atoms with E-state index < -0.39 is 23.7 Å². The van der Waals surface area contributed by atoms with Gasteiger partial charge in [-0.05, 0) is 48.2 Å². The van der Waals surface area contributed by atoms with Gasteiger partial charge in [0.15, 0.2) is 0 Å². The maximum absolute atomic E-state index is 13.2. The summed E-state index contributed by atoms with van der Waals surface area (Å²) in [6.45, 7) is 3.83. The molecule has 0 fully saturated rings. The van der Waals surface area contributed by atoms with Gasteiger partial charge in [0.1, 0.15) is 11.9 Å². The zero-order valence-electron chi connectivity index (χ0n) is 13.7. The van der Waals surface area contributed by atoms with Crippen molar-refractivity contribution in [3.05, 3.63) is 70.5 Å².